The molecule has 0 heterocycles. The monoisotopic (exact) mass is 175 g/mol. The molecular formula is C10H9NO2. The molecular weight excluding hydrogens is 166 g/mol. The molecule has 13 heavy (non-hydrogen) atoms. The molecule has 0 unspecified atom stereocenters. The van der Waals surface area contributed by atoms with Crippen molar-refractivity contribution < 1.29 is 9.90 Å². The number of carbonyl (C=O) groups is 1. The lowest BCUT2D eigenvalue weighted by molar-refractivity contribution is 0.101. The number of aryl methyl sites for hydroxylation is 1. The summed E-state index contributed by atoms with van der Waals surface area (Å²) in [5.74, 6) is -0.0654. The Kier molecular flexibility index (Phi) is 2.65. The maximum absolute atomic E-state index is 11.3. The highest BCUT2D eigenvalue weighted by Crippen LogP contribution is 2.15. The average molecular weight is 175 g/mol. The second kappa shape index (κ2) is 3.72. The average Bonchev–Trinajstić information content (AvgIpc) is 2.04. The van der Waals surface area contributed by atoms with Crippen molar-refractivity contribution in [2.24, 2.45) is 0 Å². The highest BCUT2D eigenvalue weighted by molar-refractivity contribution is 5.99. The lowest BCUT2D eigenvalue weighted by Gasteiger charge is -2.00. The predicted octanol–water partition coefficient (Wildman–Crippen LogP) is 1.80. The molecule has 1 N–H and O–H groups in total. The third-order valence-corrected chi connectivity index (χ3v) is 1.73. The standard InChI is InChI=1S/C10H9NO2/c1-7-5-8(12)3-4-9(7)10(13)6-11-2/h3-5,12H,6H2,1H3. The quantitative estimate of drug-likeness (QED) is 0.550. The minimum absolute atomic E-state index is 0.133. The lowest BCUT2D eigenvalue weighted by atomic mass is 10.0. The molecule has 1 rings (SSSR count). The smallest absolute Gasteiger partial charge is 0.276 e. The molecule has 0 aliphatic rings. The van der Waals surface area contributed by atoms with Gasteiger partial charge in [-0.15, -0.1) is 0 Å². The molecule has 3 nitrogen and oxygen atoms in total. The van der Waals surface area contributed by atoms with Crippen LogP contribution in [0.2, 0.25) is 0 Å². The van der Waals surface area contributed by atoms with E-state index in [1.165, 1.54) is 18.2 Å². The van der Waals surface area contributed by atoms with E-state index in [2.05, 4.69) is 4.85 Å². The number of Topliss-reactive ketones (excluding diaryl/α,β-unsaturated/α-hetero) is 1. The molecule has 0 aliphatic heterocycles. The number of phenols is 1. The molecule has 66 valence electrons. The number of carbonyl (C=O) groups excluding carboxylic acids is 1. The van der Waals surface area contributed by atoms with E-state index in [-0.39, 0.29) is 18.1 Å². The number of benzene rings is 1. The molecule has 0 atom stereocenters. The van der Waals surface area contributed by atoms with Crippen LogP contribution in [0, 0.1) is 13.5 Å². The molecule has 0 amide bonds. The van der Waals surface area contributed by atoms with Crippen molar-refractivity contribution in [2.45, 2.75) is 6.92 Å². The molecule has 1 aromatic rings. The van der Waals surface area contributed by atoms with Gasteiger partial charge in [0, 0.05) is 5.56 Å². The molecule has 0 saturated heterocycles. The van der Waals surface area contributed by atoms with Gasteiger partial charge >= 0.3 is 0 Å². The van der Waals surface area contributed by atoms with Crippen molar-refractivity contribution in [3.8, 4) is 5.75 Å². The fourth-order valence-electron chi connectivity index (χ4n) is 1.12. The van der Waals surface area contributed by atoms with Gasteiger partial charge in [0.15, 0.2) is 0 Å². The molecule has 0 spiro atoms. The summed E-state index contributed by atoms with van der Waals surface area (Å²) in [5, 5.41) is 9.08. The second-order valence-corrected chi connectivity index (χ2v) is 2.74. The van der Waals surface area contributed by atoms with Gasteiger partial charge in [-0.3, -0.25) is 4.79 Å². The van der Waals surface area contributed by atoms with E-state index in [9.17, 15) is 4.79 Å². The Balaban J connectivity index is 3.03. The lowest BCUT2D eigenvalue weighted by Crippen LogP contribution is -2.03. The number of rotatable bonds is 2. The summed E-state index contributed by atoms with van der Waals surface area (Å²) in [4.78, 5) is 14.3. The first-order valence-corrected chi connectivity index (χ1v) is 3.81. The van der Waals surface area contributed by atoms with Crippen molar-refractivity contribution in [3.63, 3.8) is 0 Å². The second-order valence-electron chi connectivity index (χ2n) is 2.74. The number of ketones is 1. The Hall–Kier alpha value is -1.82. The van der Waals surface area contributed by atoms with Crippen LogP contribution in [0.3, 0.4) is 0 Å². The Bertz CT molecular complexity index is 377. The van der Waals surface area contributed by atoms with E-state index in [0.29, 0.717) is 11.1 Å². The zero-order chi connectivity index (χ0) is 9.84. The first-order valence-electron chi connectivity index (χ1n) is 3.81. The van der Waals surface area contributed by atoms with Crippen molar-refractivity contribution in [2.75, 3.05) is 6.54 Å². The highest BCUT2D eigenvalue weighted by Gasteiger charge is 2.11. The van der Waals surface area contributed by atoms with Crippen molar-refractivity contribution in [3.05, 3.63) is 40.7 Å². The predicted molar refractivity (Wildman–Crippen MR) is 48.6 cm³/mol. The van der Waals surface area contributed by atoms with E-state index in [1.807, 2.05) is 0 Å². The van der Waals surface area contributed by atoms with E-state index < -0.39 is 0 Å². The van der Waals surface area contributed by atoms with Crippen LogP contribution >= 0.6 is 0 Å². The summed E-state index contributed by atoms with van der Waals surface area (Å²) in [6.45, 7) is 8.15. The Labute approximate surface area is 76.4 Å². The van der Waals surface area contributed by atoms with Gasteiger partial charge in [0.05, 0.1) is 0 Å². The summed E-state index contributed by atoms with van der Waals surface area (Å²) in [7, 11) is 0. The van der Waals surface area contributed by atoms with Crippen LogP contribution in [0.1, 0.15) is 15.9 Å². The molecule has 0 bridgehead atoms. The molecule has 0 radical (unpaired) electrons. The largest absolute Gasteiger partial charge is 0.508 e. The highest BCUT2D eigenvalue weighted by atomic mass is 16.3. The van der Waals surface area contributed by atoms with E-state index in [0.717, 1.165) is 0 Å². The van der Waals surface area contributed by atoms with Gasteiger partial charge in [-0.2, -0.15) is 0 Å². The Morgan fingerprint density at radius 2 is 2.31 bits per heavy atom. The summed E-state index contributed by atoms with van der Waals surface area (Å²) >= 11 is 0. The van der Waals surface area contributed by atoms with Gasteiger partial charge in [0.25, 0.3) is 6.54 Å². The van der Waals surface area contributed by atoms with Crippen LogP contribution in [0.15, 0.2) is 18.2 Å². The van der Waals surface area contributed by atoms with Crippen molar-refractivity contribution >= 4 is 5.78 Å². The molecule has 3 heteroatoms. The number of nitrogens with zero attached hydrogens (tertiary/aromatic N) is 1. The number of hydrogen-bond donors (Lipinski definition) is 1. The first-order chi connectivity index (χ1) is 6.15. The van der Waals surface area contributed by atoms with Crippen LogP contribution in [0.5, 0.6) is 5.75 Å². The van der Waals surface area contributed by atoms with E-state index in [1.54, 1.807) is 6.92 Å². The summed E-state index contributed by atoms with van der Waals surface area (Å²) in [6, 6.07) is 4.50. The Morgan fingerprint density at radius 1 is 1.62 bits per heavy atom. The summed E-state index contributed by atoms with van der Waals surface area (Å²) in [5.41, 5.74) is 1.21. The maximum Gasteiger partial charge on any atom is 0.276 e. The van der Waals surface area contributed by atoms with Crippen molar-refractivity contribution in [1.82, 2.24) is 0 Å². The fraction of sp³-hybridized carbons (Fsp3) is 0.200. The van der Waals surface area contributed by atoms with Gasteiger partial charge in [-0.05, 0) is 30.7 Å². The van der Waals surface area contributed by atoms with Gasteiger partial charge in [-0.1, -0.05) is 0 Å². The third-order valence-electron chi connectivity index (χ3n) is 1.73. The zero-order valence-corrected chi connectivity index (χ0v) is 7.24. The van der Waals surface area contributed by atoms with Crippen LogP contribution in [0.25, 0.3) is 4.85 Å². The minimum Gasteiger partial charge on any atom is -0.508 e. The normalized spacial score (nSPS) is 9.23. The van der Waals surface area contributed by atoms with Crippen LogP contribution in [-0.2, 0) is 0 Å². The van der Waals surface area contributed by atoms with Crippen molar-refractivity contribution in [1.29, 1.82) is 0 Å². The summed E-state index contributed by atoms with van der Waals surface area (Å²) in [6.07, 6.45) is 0. The van der Waals surface area contributed by atoms with Gasteiger partial charge in [0.1, 0.15) is 5.75 Å². The third kappa shape index (κ3) is 2.06. The van der Waals surface area contributed by atoms with Gasteiger partial charge < -0.3 is 9.95 Å². The van der Waals surface area contributed by atoms with E-state index in [4.69, 9.17) is 11.7 Å². The van der Waals surface area contributed by atoms with Gasteiger partial charge in [-0.25, -0.2) is 6.57 Å². The van der Waals surface area contributed by atoms with E-state index >= 15 is 0 Å². The molecule has 0 aromatic heterocycles. The molecule has 0 saturated carbocycles. The topological polar surface area (TPSA) is 41.7 Å². The molecule has 0 aliphatic carbocycles. The Morgan fingerprint density at radius 3 is 2.85 bits per heavy atom. The fourth-order valence-corrected chi connectivity index (χ4v) is 1.12. The van der Waals surface area contributed by atoms with Crippen LogP contribution < -0.4 is 0 Å². The molecule has 1 aromatic carbocycles. The van der Waals surface area contributed by atoms with Crippen LogP contribution in [0.4, 0.5) is 0 Å². The summed E-state index contributed by atoms with van der Waals surface area (Å²) < 4.78 is 0. The number of hydrogen-bond acceptors (Lipinski definition) is 2. The number of phenolic OH excluding ortho intramolecular Hbond substituents is 1. The SMILES string of the molecule is [C-]#[N+]CC(=O)c1ccc(O)cc1C. The maximum atomic E-state index is 11.3. The molecule has 0 fully saturated rings. The zero-order valence-electron chi connectivity index (χ0n) is 7.24. The minimum atomic E-state index is -0.201. The first kappa shape index (κ1) is 9.27. The van der Waals surface area contributed by atoms with Crippen LogP contribution in [-0.4, -0.2) is 17.4 Å². The van der Waals surface area contributed by atoms with Gasteiger partial charge in [0.2, 0.25) is 5.78 Å². The number of aromatic hydroxyl groups is 1.